The van der Waals surface area contributed by atoms with Crippen molar-refractivity contribution >= 4 is 41.0 Å². The Bertz CT molecular complexity index is 757. The molecule has 6 nitrogen and oxygen atoms in total. The zero-order chi connectivity index (χ0) is 17.6. The molecule has 1 aromatic heterocycles. The maximum absolute atomic E-state index is 12.5. The lowest BCUT2D eigenvalue weighted by Gasteiger charge is -2.21. The van der Waals surface area contributed by atoms with E-state index >= 15 is 0 Å². The number of nitrogens with one attached hydrogen (secondary N) is 2. The number of hydrogen-bond donors (Lipinski definition) is 3. The standard InChI is InChI=1S/C17H19N3O3S2/c21-15(20-17-19-9-12(10-24)25-17)13-3-1-2-4-14(13)23-16(22)11-5-7-18-8-6-11/h1-4,9,11,18,24H,5-8,10H2,(H,19,20,21). The number of anilines is 1. The van der Waals surface area contributed by atoms with Crippen LogP contribution >= 0.6 is 24.0 Å². The molecule has 2 N–H and O–H groups in total. The molecule has 3 rings (SSSR count). The molecule has 25 heavy (non-hydrogen) atoms. The zero-order valence-corrected chi connectivity index (χ0v) is 15.2. The molecule has 0 saturated carbocycles. The lowest BCUT2D eigenvalue weighted by Crippen LogP contribution is -2.34. The van der Waals surface area contributed by atoms with E-state index in [0.717, 1.165) is 30.8 Å². The number of ether oxygens (including phenoxy) is 1. The highest BCUT2D eigenvalue weighted by atomic mass is 32.1. The van der Waals surface area contributed by atoms with Gasteiger partial charge in [-0.1, -0.05) is 12.1 Å². The molecule has 132 valence electrons. The Hall–Kier alpha value is -1.90. The second-order valence-electron chi connectivity index (χ2n) is 5.69. The van der Waals surface area contributed by atoms with Crippen LogP contribution in [-0.2, 0) is 10.5 Å². The van der Waals surface area contributed by atoms with Crippen molar-refractivity contribution in [3.63, 3.8) is 0 Å². The average Bonchev–Trinajstić information content (AvgIpc) is 3.10. The van der Waals surface area contributed by atoms with Gasteiger partial charge in [0, 0.05) is 16.8 Å². The second-order valence-corrected chi connectivity index (χ2v) is 7.12. The summed E-state index contributed by atoms with van der Waals surface area (Å²) in [4.78, 5) is 30.0. The van der Waals surface area contributed by atoms with Gasteiger partial charge < -0.3 is 10.1 Å². The number of nitrogens with zero attached hydrogens (tertiary/aromatic N) is 1. The van der Waals surface area contributed by atoms with Crippen LogP contribution in [0.15, 0.2) is 30.5 Å². The Labute approximate surface area is 155 Å². The molecule has 1 saturated heterocycles. The number of carbonyl (C=O) groups excluding carboxylic acids is 2. The molecule has 1 aliphatic heterocycles. The fourth-order valence-corrected chi connectivity index (χ4v) is 3.54. The Kier molecular flexibility index (Phi) is 6.06. The Balaban J connectivity index is 1.71. The summed E-state index contributed by atoms with van der Waals surface area (Å²) in [6.07, 6.45) is 3.17. The van der Waals surface area contributed by atoms with Gasteiger partial charge in [0.05, 0.1) is 11.5 Å². The van der Waals surface area contributed by atoms with E-state index in [4.69, 9.17) is 4.74 Å². The number of para-hydroxylation sites is 1. The number of amides is 1. The van der Waals surface area contributed by atoms with Gasteiger partial charge >= 0.3 is 5.97 Å². The topological polar surface area (TPSA) is 80.3 Å². The van der Waals surface area contributed by atoms with Crippen molar-refractivity contribution in [1.82, 2.24) is 10.3 Å². The first-order chi connectivity index (χ1) is 12.2. The van der Waals surface area contributed by atoms with E-state index in [2.05, 4.69) is 28.2 Å². The fourth-order valence-electron chi connectivity index (χ4n) is 2.60. The van der Waals surface area contributed by atoms with Crippen LogP contribution in [0.5, 0.6) is 5.75 Å². The quantitative estimate of drug-likeness (QED) is 0.424. The second kappa shape index (κ2) is 8.46. The number of esters is 1. The summed E-state index contributed by atoms with van der Waals surface area (Å²) in [6.45, 7) is 1.61. The highest BCUT2D eigenvalue weighted by molar-refractivity contribution is 7.79. The van der Waals surface area contributed by atoms with Crippen LogP contribution in [0.25, 0.3) is 0 Å². The third-order valence-corrected chi connectivity index (χ3v) is 5.41. The summed E-state index contributed by atoms with van der Waals surface area (Å²) in [5.41, 5.74) is 0.312. The first-order valence-corrected chi connectivity index (χ1v) is 9.50. The third kappa shape index (κ3) is 4.59. The minimum atomic E-state index is -0.353. The van der Waals surface area contributed by atoms with Crippen LogP contribution in [0.4, 0.5) is 5.13 Å². The Morgan fingerprint density at radius 1 is 1.32 bits per heavy atom. The molecule has 8 heteroatoms. The van der Waals surface area contributed by atoms with Crippen LogP contribution in [0.3, 0.4) is 0 Å². The van der Waals surface area contributed by atoms with Gasteiger partial charge in [0.2, 0.25) is 0 Å². The lowest BCUT2D eigenvalue weighted by atomic mass is 9.98. The van der Waals surface area contributed by atoms with Gasteiger partial charge in [-0.3, -0.25) is 14.9 Å². The Morgan fingerprint density at radius 2 is 2.08 bits per heavy atom. The van der Waals surface area contributed by atoms with E-state index in [9.17, 15) is 9.59 Å². The minimum absolute atomic E-state index is 0.130. The molecular formula is C17H19N3O3S2. The molecule has 0 aliphatic carbocycles. The first-order valence-electron chi connectivity index (χ1n) is 8.05. The lowest BCUT2D eigenvalue weighted by molar-refractivity contribution is -0.139. The van der Waals surface area contributed by atoms with E-state index in [1.54, 1.807) is 30.5 Å². The largest absolute Gasteiger partial charge is 0.425 e. The number of carbonyl (C=O) groups is 2. The highest BCUT2D eigenvalue weighted by Gasteiger charge is 2.24. The van der Waals surface area contributed by atoms with Crippen LogP contribution in [0.1, 0.15) is 28.1 Å². The normalized spacial score (nSPS) is 14.9. The van der Waals surface area contributed by atoms with Gasteiger partial charge in [0.25, 0.3) is 5.91 Å². The smallest absolute Gasteiger partial charge is 0.314 e. The molecule has 1 fully saturated rings. The third-order valence-electron chi connectivity index (χ3n) is 3.94. The van der Waals surface area contributed by atoms with Crippen molar-refractivity contribution in [3.05, 3.63) is 40.9 Å². The summed E-state index contributed by atoms with van der Waals surface area (Å²) >= 11 is 5.55. The number of hydrogen-bond acceptors (Lipinski definition) is 7. The molecule has 1 amide bonds. The molecule has 0 atom stereocenters. The molecule has 1 aliphatic rings. The number of benzene rings is 1. The zero-order valence-electron chi connectivity index (χ0n) is 13.5. The van der Waals surface area contributed by atoms with Gasteiger partial charge in [0.15, 0.2) is 5.13 Å². The SMILES string of the molecule is O=C(Nc1ncc(CS)s1)c1ccccc1OC(=O)C1CCNCC1. The summed E-state index contributed by atoms with van der Waals surface area (Å²) in [5.74, 6) is 0.0729. The average molecular weight is 377 g/mol. The number of aromatic nitrogens is 1. The van der Waals surface area contributed by atoms with Gasteiger partial charge in [0.1, 0.15) is 5.75 Å². The molecule has 2 aromatic rings. The number of piperidine rings is 1. The van der Waals surface area contributed by atoms with Gasteiger partial charge in [-0.05, 0) is 38.1 Å². The van der Waals surface area contributed by atoms with E-state index in [1.807, 2.05) is 0 Å². The van der Waals surface area contributed by atoms with E-state index in [1.165, 1.54) is 11.3 Å². The van der Waals surface area contributed by atoms with Crippen LogP contribution in [0.2, 0.25) is 0 Å². The molecular weight excluding hydrogens is 358 g/mol. The van der Waals surface area contributed by atoms with E-state index in [0.29, 0.717) is 16.4 Å². The minimum Gasteiger partial charge on any atom is -0.425 e. The van der Waals surface area contributed by atoms with E-state index in [-0.39, 0.29) is 23.5 Å². The molecule has 0 radical (unpaired) electrons. The number of rotatable bonds is 5. The van der Waals surface area contributed by atoms with Crippen molar-refractivity contribution in [2.45, 2.75) is 18.6 Å². The van der Waals surface area contributed by atoms with Crippen LogP contribution < -0.4 is 15.4 Å². The molecule has 0 unspecified atom stereocenters. The van der Waals surface area contributed by atoms with Crippen molar-refractivity contribution in [1.29, 1.82) is 0 Å². The number of thiazole rings is 1. The Morgan fingerprint density at radius 3 is 2.80 bits per heavy atom. The first kappa shape index (κ1) is 17.9. The van der Waals surface area contributed by atoms with Crippen molar-refractivity contribution in [3.8, 4) is 5.75 Å². The maximum atomic E-state index is 12.5. The van der Waals surface area contributed by atoms with Crippen molar-refractivity contribution < 1.29 is 14.3 Å². The number of thiol groups is 1. The molecule has 0 spiro atoms. The molecule has 0 bridgehead atoms. The molecule has 1 aromatic carbocycles. The summed E-state index contributed by atoms with van der Waals surface area (Å²) < 4.78 is 5.51. The van der Waals surface area contributed by atoms with E-state index < -0.39 is 0 Å². The monoisotopic (exact) mass is 377 g/mol. The summed E-state index contributed by atoms with van der Waals surface area (Å²) in [6, 6.07) is 6.74. The predicted octanol–water partition coefficient (Wildman–Crippen LogP) is 2.73. The van der Waals surface area contributed by atoms with Crippen molar-refractivity contribution in [2.75, 3.05) is 18.4 Å². The van der Waals surface area contributed by atoms with Crippen molar-refractivity contribution in [2.24, 2.45) is 5.92 Å². The summed E-state index contributed by atoms with van der Waals surface area (Å²) in [7, 11) is 0. The fraction of sp³-hybridized carbons (Fsp3) is 0.353. The van der Waals surface area contributed by atoms with Gasteiger partial charge in [-0.25, -0.2) is 4.98 Å². The predicted molar refractivity (Wildman–Crippen MR) is 100 cm³/mol. The van der Waals surface area contributed by atoms with Crippen LogP contribution in [-0.4, -0.2) is 29.9 Å². The van der Waals surface area contributed by atoms with Crippen LogP contribution in [0, 0.1) is 5.92 Å². The summed E-state index contributed by atoms with van der Waals surface area (Å²) in [5, 5.41) is 6.45. The van der Waals surface area contributed by atoms with Gasteiger partial charge in [-0.15, -0.1) is 11.3 Å². The van der Waals surface area contributed by atoms with Gasteiger partial charge in [-0.2, -0.15) is 12.6 Å². The molecule has 2 heterocycles. The maximum Gasteiger partial charge on any atom is 0.314 e. The highest BCUT2D eigenvalue weighted by Crippen LogP contribution is 2.24.